The maximum absolute atomic E-state index is 5.04. The quantitative estimate of drug-likeness (QED) is 0.660. The second-order valence-corrected chi connectivity index (χ2v) is 2.33. The Labute approximate surface area is 53.9 Å². The molecule has 0 atom stereocenters. The van der Waals surface area contributed by atoms with E-state index in [9.17, 15) is 0 Å². The molecule has 3 heteroatoms. The number of hydrogen-bond acceptors (Lipinski definition) is 1. The summed E-state index contributed by atoms with van der Waals surface area (Å²) in [6, 6.07) is 0. The number of allylic oxidation sites excluding steroid dienone is 1. The molecule has 0 heterocycles. The molecule has 0 aliphatic heterocycles. The molecule has 0 aromatic heterocycles. The molecule has 0 aliphatic rings. The van der Waals surface area contributed by atoms with Crippen LogP contribution < -0.4 is 5.73 Å². The lowest BCUT2D eigenvalue weighted by molar-refractivity contribution is 1.55. The minimum absolute atomic E-state index is 0.795. The van der Waals surface area contributed by atoms with Gasteiger partial charge in [0.05, 0.1) is 0 Å². The molecule has 0 fully saturated rings. The maximum atomic E-state index is 5.04. The van der Waals surface area contributed by atoms with Crippen LogP contribution in [0.1, 0.15) is 0 Å². The molecular weight excluding hydrogens is 210 g/mol. The van der Waals surface area contributed by atoms with Gasteiger partial charge in [-0.15, -0.1) is 0 Å². The molecule has 0 spiro atoms. The van der Waals surface area contributed by atoms with Gasteiger partial charge in [0.1, 0.15) is 0 Å². The minimum Gasteiger partial charge on any atom is -0.404 e. The highest BCUT2D eigenvalue weighted by Gasteiger charge is 1.78. The molecular formula is C3H5Br2N. The zero-order valence-electron chi connectivity index (χ0n) is 3.12. The highest BCUT2D eigenvalue weighted by Crippen LogP contribution is 2.04. The van der Waals surface area contributed by atoms with Crippen LogP contribution >= 0.6 is 31.9 Å². The standard InChI is InChI=1S/C3H5Br2N/c4-1-3(5)2-6/h2H,1,6H2. The van der Waals surface area contributed by atoms with Crippen LogP contribution in [-0.2, 0) is 0 Å². The molecule has 0 amide bonds. The van der Waals surface area contributed by atoms with Crippen LogP contribution in [-0.4, -0.2) is 5.33 Å². The smallest absolute Gasteiger partial charge is 0.0363 e. The summed E-state index contributed by atoms with van der Waals surface area (Å²) >= 11 is 6.34. The first-order valence-electron chi connectivity index (χ1n) is 1.43. The van der Waals surface area contributed by atoms with E-state index >= 15 is 0 Å². The molecule has 0 bridgehead atoms. The predicted molar refractivity (Wildman–Crippen MR) is 35.0 cm³/mol. The highest BCUT2D eigenvalue weighted by molar-refractivity contribution is 9.13. The van der Waals surface area contributed by atoms with Crippen LogP contribution in [0.25, 0.3) is 0 Å². The average molecular weight is 215 g/mol. The number of hydrogen-bond donors (Lipinski definition) is 1. The first-order valence-corrected chi connectivity index (χ1v) is 3.35. The van der Waals surface area contributed by atoms with Gasteiger partial charge in [0.15, 0.2) is 0 Å². The Morgan fingerprint density at radius 2 is 2.33 bits per heavy atom. The summed E-state index contributed by atoms with van der Waals surface area (Å²) in [4.78, 5) is 0. The molecule has 2 N–H and O–H groups in total. The largest absolute Gasteiger partial charge is 0.404 e. The number of halogens is 2. The van der Waals surface area contributed by atoms with Gasteiger partial charge in [-0.1, -0.05) is 31.9 Å². The lowest BCUT2D eigenvalue weighted by Gasteiger charge is -1.80. The second kappa shape index (κ2) is 3.68. The van der Waals surface area contributed by atoms with Crippen molar-refractivity contribution < 1.29 is 0 Å². The van der Waals surface area contributed by atoms with Crippen molar-refractivity contribution >= 4 is 31.9 Å². The molecule has 0 aliphatic carbocycles. The first-order chi connectivity index (χ1) is 2.81. The molecule has 0 saturated carbocycles. The van der Waals surface area contributed by atoms with Crippen molar-refractivity contribution in [1.29, 1.82) is 0 Å². The summed E-state index contributed by atoms with van der Waals surface area (Å²) in [5, 5.41) is 0.795. The van der Waals surface area contributed by atoms with E-state index in [4.69, 9.17) is 5.73 Å². The van der Waals surface area contributed by atoms with Crippen LogP contribution in [0.5, 0.6) is 0 Å². The van der Waals surface area contributed by atoms with Gasteiger partial charge in [0, 0.05) is 16.0 Å². The van der Waals surface area contributed by atoms with E-state index in [0.29, 0.717) is 0 Å². The summed E-state index contributed by atoms with van der Waals surface area (Å²) in [7, 11) is 0. The normalized spacial score (nSPS) is 12.0. The third-order valence-corrected chi connectivity index (χ3v) is 2.21. The van der Waals surface area contributed by atoms with Crippen molar-refractivity contribution in [1.82, 2.24) is 0 Å². The van der Waals surface area contributed by atoms with Gasteiger partial charge in [-0.25, -0.2) is 0 Å². The Kier molecular flexibility index (Phi) is 3.99. The van der Waals surface area contributed by atoms with Gasteiger partial charge >= 0.3 is 0 Å². The molecule has 0 saturated heterocycles. The van der Waals surface area contributed by atoms with Crippen molar-refractivity contribution in [2.45, 2.75) is 0 Å². The summed E-state index contributed by atoms with van der Waals surface area (Å²) < 4.78 is 0.975. The second-order valence-electron chi connectivity index (χ2n) is 0.747. The number of alkyl halides is 1. The predicted octanol–water partition coefficient (Wildman–Crippen LogP) is 1.58. The van der Waals surface area contributed by atoms with E-state index in [1.165, 1.54) is 6.20 Å². The number of nitrogens with two attached hydrogens (primary N) is 1. The van der Waals surface area contributed by atoms with E-state index in [1.54, 1.807) is 0 Å². The topological polar surface area (TPSA) is 26.0 Å². The van der Waals surface area contributed by atoms with E-state index in [0.717, 1.165) is 9.81 Å². The van der Waals surface area contributed by atoms with Crippen molar-refractivity contribution in [3.8, 4) is 0 Å². The van der Waals surface area contributed by atoms with E-state index in [-0.39, 0.29) is 0 Å². The van der Waals surface area contributed by atoms with Crippen molar-refractivity contribution in [2.75, 3.05) is 5.33 Å². The molecule has 0 aromatic carbocycles. The van der Waals surface area contributed by atoms with E-state index in [2.05, 4.69) is 31.9 Å². The zero-order valence-corrected chi connectivity index (χ0v) is 6.29. The van der Waals surface area contributed by atoms with Crippen LogP contribution in [0.3, 0.4) is 0 Å². The monoisotopic (exact) mass is 213 g/mol. The Morgan fingerprint density at radius 3 is 2.33 bits per heavy atom. The van der Waals surface area contributed by atoms with Crippen molar-refractivity contribution in [3.63, 3.8) is 0 Å². The lowest BCUT2D eigenvalue weighted by atomic mass is 10.7. The SMILES string of the molecule is NC=C(Br)CBr. The van der Waals surface area contributed by atoms with Gasteiger partial charge in [-0.2, -0.15) is 0 Å². The molecule has 0 aromatic rings. The van der Waals surface area contributed by atoms with Crippen molar-refractivity contribution in [2.24, 2.45) is 5.73 Å². The summed E-state index contributed by atoms with van der Waals surface area (Å²) in [5.41, 5.74) is 5.04. The Hall–Kier alpha value is 0.500. The van der Waals surface area contributed by atoms with Gasteiger partial charge in [-0.05, 0) is 0 Å². The zero-order chi connectivity index (χ0) is 4.99. The highest BCUT2D eigenvalue weighted by atomic mass is 79.9. The molecule has 36 valence electrons. The van der Waals surface area contributed by atoms with Crippen LogP contribution in [0.15, 0.2) is 10.7 Å². The lowest BCUT2D eigenvalue weighted by Crippen LogP contribution is -1.80. The third-order valence-electron chi connectivity index (χ3n) is 0.309. The van der Waals surface area contributed by atoms with Crippen molar-refractivity contribution in [3.05, 3.63) is 10.7 Å². The fraction of sp³-hybridized carbons (Fsp3) is 0.333. The van der Waals surface area contributed by atoms with Crippen LogP contribution in [0, 0.1) is 0 Å². The first kappa shape index (κ1) is 6.50. The van der Waals surface area contributed by atoms with Crippen LogP contribution in [0.2, 0.25) is 0 Å². The summed E-state index contributed by atoms with van der Waals surface area (Å²) in [6.45, 7) is 0. The molecule has 0 radical (unpaired) electrons. The third kappa shape index (κ3) is 2.72. The maximum Gasteiger partial charge on any atom is 0.0363 e. The Bertz CT molecular complexity index is 59.8. The summed E-state index contributed by atoms with van der Waals surface area (Å²) in [6.07, 6.45) is 1.51. The average Bonchev–Trinajstić information content (AvgIpc) is 1.65. The van der Waals surface area contributed by atoms with Gasteiger partial charge in [0.2, 0.25) is 0 Å². The Morgan fingerprint density at radius 1 is 1.83 bits per heavy atom. The van der Waals surface area contributed by atoms with E-state index in [1.807, 2.05) is 0 Å². The van der Waals surface area contributed by atoms with E-state index < -0.39 is 0 Å². The fourth-order valence-electron chi connectivity index (χ4n) is 0.0445. The molecule has 6 heavy (non-hydrogen) atoms. The molecule has 0 unspecified atom stereocenters. The fourth-order valence-corrected chi connectivity index (χ4v) is 0.231. The van der Waals surface area contributed by atoms with Gasteiger partial charge in [0.25, 0.3) is 0 Å². The molecule has 1 nitrogen and oxygen atoms in total. The van der Waals surface area contributed by atoms with Gasteiger partial charge < -0.3 is 5.73 Å². The number of rotatable bonds is 1. The summed E-state index contributed by atoms with van der Waals surface area (Å²) in [5.74, 6) is 0. The Balaban J connectivity index is 3.22. The minimum atomic E-state index is 0.795. The van der Waals surface area contributed by atoms with Gasteiger partial charge in [-0.3, -0.25) is 0 Å². The van der Waals surface area contributed by atoms with Crippen LogP contribution in [0.4, 0.5) is 0 Å². The molecule has 0 rings (SSSR count).